The van der Waals surface area contributed by atoms with Gasteiger partial charge in [-0.3, -0.25) is 4.79 Å². The number of hydrogen-bond acceptors (Lipinski definition) is 3. The molecular weight excluding hydrogens is 335 g/mol. The summed E-state index contributed by atoms with van der Waals surface area (Å²) in [6, 6.07) is 11.5. The van der Waals surface area contributed by atoms with Crippen LogP contribution in [0.15, 0.2) is 42.5 Å². The number of halogens is 3. The van der Waals surface area contributed by atoms with E-state index in [1.165, 1.54) is 18.2 Å². The number of rotatable bonds is 6. The molecule has 0 unspecified atom stereocenters. The Hall–Kier alpha value is -2.70. The number of para-hydroxylation sites is 3. The number of alkyl halides is 3. The van der Waals surface area contributed by atoms with Crippen molar-refractivity contribution in [1.29, 1.82) is 0 Å². The van der Waals surface area contributed by atoms with Gasteiger partial charge in [-0.2, -0.15) is 13.2 Å². The number of amides is 1. The van der Waals surface area contributed by atoms with Crippen LogP contribution in [0.4, 0.5) is 18.9 Å². The van der Waals surface area contributed by atoms with Crippen molar-refractivity contribution in [2.45, 2.75) is 20.0 Å². The fourth-order valence-corrected chi connectivity index (χ4v) is 2.21. The van der Waals surface area contributed by atoms with Crippen molar-refractivity contribution >= 4 is 11.6 Å². The van der Waals surface area contributed by atoms with Crippen molar-refractivity contribution < 1.29 is 27.4 Å². The first-order valence-electron chi connectivity index (χ1n) is 7.54. The van der Waals surface area contributed by atoms with Gasteiger partial charge in [-0.25, -0.2) is 0 Å². The summed E-state index contributed by atoms with van der Waals surface area (Å²) in [4.78, 5) is 12.0. The van der Waals surface area contributed by atoms with Crippen LogP contribution in [0.25, 0.3) is 0 Å². The topological polar surface area (TPSA) is 47.6 Å². The lowest BCUT2D eigenvalue weighted by atomic mass is 10.1. The maximum Gasteiger partial charge on any atom is 0.422 e. The van der Waals surface area contributed by atoms with Gasteiger partial charge in [0.2, 0.25) is 0 Å². The second-order valence-electron chi connectivity index (χ2n) is 5.46. The third-order valence-electron chi connectivity index (χ3n) is 3.31. The number of nitrogens with one attached hydrogen (secondary N) is 1. The van der Waals surface area contributed by atoms with Crippen LogP contribution >= 0.6 is 0 Å². The quantitative estimate of drug-likeness (QED) is 0.844. The zero-order valence-electron chi connectivity index (χ0n) is 13.8. The highest BCUT2D eigenvalue weighted by Crippen LogP contribution is 2.26. The van der Waals surface area contributed by atoms with Gasteiger partial charge in [0.25, 0.3) is 5.91 Å². The van der Waals surface area contributed by atoms with Gasteiger partial charge in [0, 0.05) is 0 Å². The molecule has 1 N–H and O–H groups in total. The minimum Gasteiger partial charge on any atom is -0.483 e. The summed E-state index contributed by atoms with van der Waals surface area (Å²) in [6.07, 6.45) is -4.46. The average molecular weight is 353 g/mol. The lowest BCUT2D eigenvalue weighted by Crippen LogP contribution is -2.22. The van der Waals surface area contributed by atoms with Crippen LogP contribution in [0.5, 0.6) is 11.5 Å². The summed E-state index contributed by atoms with van der Waals surface area (Å²) in [6.45, 7) is 2.03. The first-order valence-corrected chi connectivity index (χ1v) is 7.54. The van der Waals surface area contributed by atoms with Gasteiger partial charge in [-0.15, -0.1) is 0 Å². The van der Waals surface area contributed by atoms with E-state index in [9.17, 15) is 18.0 Å². The van der Waals surface area contributed by atoms with Crippen LogP contribution in [-0.2, 0) is 4.79 Å². The van der Waals surface area contributed by atoms with Crippen molar-refractivity contribution in [2.24, 2.45) is 0 Å². The molecule has 2 aromatic rings. The lowest BCUT2D eigenvalue weighted by molar-refractivity contribution is -0.153. The number of aryl methyl sites for hydroxylation is 2. The van der Waals surface area contributed by atoms with Crippen molar-refractivity contribution in [3.8, 4) is 11.5 Å². The standard InChI is InChI=1S/C18H18F3NO3/c1-12-6-5-7-13(2)17(12)24-10-16(23)22-14-8-3-4-9-15(14)25-11-18(19,20)21/h3-9H,10-11H2,1-2H3,(H,22,23). The molecule has 0 aliphatic carbocycles. The smallest absolute Gasteiger partial charge is 0.422 e. The molecule has 0 bridgehead atoms. The Morgan fingerprint density at radius 1 is 1.00 bits per heavy atom. The number of carbonyl (C=O) groups is 1. The van der Waals surface area contributed by atoms with Crippen molar-refractivity contribution in [3.05, 3.63) is 53.6 Å². The van der Waals surface area contributed by atoms with Crippen LogP contribution < -0.4 is 14.8 Å². The molecule has 0 fully saturated rings. The van der Waals surface area contributed by atoms with Gasteiger partial charge in [0.05, 0.1) is 5.69 Å². The number of ether oxygens (including phenoxy) is 2. The molecule has 0 aliphatic heterocycles. The van der Waals surface area contributed by atoms with Gasteiger partial charge in [-0.1, -0.05) is 30.3 Å². The zero-order valence-corrected chi connectivity index (χ0v) is 13.8. The maximum atomic E-state index is 12.3. The Morgan fingerprint density at radius 3 is 2.28 bits per heavy atom. The predicted molar refractivity (Wildman–Crippen MR) is 88.0 cm³/mol. The van der Waals surface area contributed by atoms with Gasteiger partial charge in [0.15, 0.2) is 13.2 Å². The molecule has 0 aliphatic rings. The largest absolute Gasteiger partial charge is 0.483 e. The Balaban J connectivity index is 1.99. The normalized spacial score (nSPS) is 11.1. The van der Waals surface area contributed by atoms with E-state index in [0.29, 0.717) is 5.75 Å². The second kappa shape index (κ2) is 7.92. The Labute approximate surface area is 143 Å². The highest BCUT2D eigenvalue weighted by Gasteiger charge is 2.28. The minimum atomic E-state index is -4.46. The first kappa shape index (κ1) is 18.6. The predicted octanol–water partition coefficient (Wildman–Crippen LogP) is 4.26. The molecule has 0 spiro atoms. The summed E-state index contributed by atoms with van der Waals surface area (Å²) in [5.41, 5.74) is 1.94. The van der Waals surface area contributed by atoms with E-state index in [1.54, 1.807) is 6.07 Å². The van der Waals surface area contributed by atoms with Gasteiger partial charge >= 0.3 is 6.18 Å². The molecule has 2 rings (SSSR count). The zero-order chi connectivity index (χ0) is 18.4. The Bertz CT molecular complexity index is 724. The van der Waals surface area contributed by atoms with E-state index in [0.717, 1.165) is 11.1 Å². The number of carbonyl (C=O) groups excluding carboxylic acids is 1. The van der Waals surface area contributed by atoms with E-state index >= 15 is 0 Å². The van der Waals surface area contributed by atoms with Crippen LogP contribution in [0, 0.1) is 13.8 Å². The van der Waals surface area contributed by atoms with Crippen LogP contribution in [0.2, 0.25) is 0 Å². The van der Waals surface area contributed by atoms with Crippen molar-refractivity contribution in [1.82, 2.24) is 0 Å². The third-order valence-corrected chi connectivity index (χ3v) is 3.31. The maximum absolute atomic E-state index is 12.3. The summed E-state index contributed by atoms with van der Waals surface area (Å²) < 4.78 is 47.1. The van der Waals surface area contributed by atoms with E-state index in [1.807, 2.05) is 32.0 Å². The van der Waals surface area contributed by atoms with Crippen molar-refractivity contribution in [3.63, 3.8) is 0 Å². The Kier molecular flexibility index (Phi) is 5.90. The summed E-state index contributed by atoms with van der Waals surface area (Å²) >= 11 is 0. The van der Waals surface area contributed by atoms with Gasteiger partial charge < -0.3 is 14.8 Å². The SMILES string of the molecule is Cc1cccc(C)c1OCC(=O)Nc1ccccc1OCC(F)(F)F. The number of benzene rings is 2. The highest BCUT2D eigenvalue weighted by atomic mass is 19.4. The molecule has 0 saturated carbocycles. The van der Waals surface area contributed by atoms with Crippen LogP contribution in [-0.4, -0.2) is 25.3 Å². The van der Waals surface area contributed by atoms with Crippen LogP contribution in [0.1, 0.15) is 11.1 Å². The molecular formula is C18H18F3NO3. The fourth-order valence-electron chi connectivity index (χ4n) is 2.21. The second-order valence-corrected chi connectivity index (χ2v) is 5.46. The molecule has 0 radical (unpaired) electrons. The first-order chi connectivity index (χ1) is 11.8. The molecule has 1 amide bonds. The minimum absolute atomic E-state index is 0.0553. The van der Waals surface area contributed by atoms with Gasteiger partial charge in [0.1, 0.15) is 11.5 Å². The number of anilines is 1. The molecule has 134 valence electrons. The molecule has 0 heterocycles. The van der Waals surface area contributed by atoms with Crippen molar-refractivity contribution in [2.75, 3.05) is 18.5 Å². The van der Waals surface area contributed by atoms with Gasteiger partial charge in [-0.05, 0) is 37.1 Å². The lowest BCUT2D eigenvalue weighted by Gasteiger charge is -2.15. The average Bonchev–Trinajstić information content (AvgIpc) is 2.53. The van der Waals surface area contributed by atoms with E-state index < -0.39 is 18.7 Å². The third kappa shape index (κ3) is 5.70. The van der Waals surface area contributed by atoms with E-state index in [-0.39, 0.29) is 18.0 Å². The Morgan fingerprint density at radius 2 is 1.64 bits per heavy atom. The van der Waals surface area contributed by atoms with E-state index in [4.69, 9.17) is 9.47 Å². The van der Waals surface area contributed by atoms with Crippen LogP contribution in [0.3, 0.4) is 0 Å². The summed E-state index contributed by atoms with van der Waals surface area (Å²) in [5.74, 6) is 0.0604. The molecule has 0 atom stereocenters. The summed E-state index contributed by atoms with van der Waals surface area (Å²) in [5, 5.41) is 2.50. The van der Waals surface area contributed by atoms with E-state index in [2.05, 4.69) is 5.32 Å². The highest BCUT2D eigenvalue weighted by molar-refractivity contribution is 5.93. The summed E-state index contributed by atoms with van der Waals surface area (Å²) in [7, 11) is 0. The molecule has 0 aromatic heterocycles. The molecule has 0 saturated heterocycles. The molecule has 25 heavy (non-hydrogen) atoms. The molecule has 7 heteroatoms. The molecule has 2 aromatic carbocycles. The fraction of sp³-hybridized carbons (Fsp3) is 0.278. The monoisotopic (exact) mass is 353 g/mol. The number of hydrogen-bond donors (Lipinski definition) is 1. The molecule has 4 nitrogen and oxygen atoms in total.